The predicted molar refractivity (Wildman–Crippen MR) is 94.3 cm³/mol. The summed E-state index contributed by atoms with van der Waals surface area (Å²) in [6.45, 7) is 7.46. The third-order valence-electron chi connectivity index (χ3n) is 3.84. The topological polar surface area (TPSA) is 70.4 Å². The highest BCUT2D eigenvalue weighted by Gasteiger charge is 2.17. The van der Waals surface area contributed by atoms with Crippen LogP contribution in [-0.4, -0.2) is 34.9 Å². The van der Waals surface area contributed by atoms with Gasteiger partial charge in [-0.25, -0.2) is 14.3 Å². The molecule has 6 nitrogen and oxygen atoms in total. The van der Waals surface area contributed by atoms with E-state index in [2.05, 4.69) is 12.0 Å². The van der Waals surface area contributed by atoms with E-state index in [0.717, 1.165) is 17.8 Å². The minimum absolute atomic E-state index is 0.175. The molecule has 0 aliphatic rings. The molecule has 7 heteroatoms. The summed E-state index contributed by atoms with van der Waals surface area (Å²) < 4.78 is 11.5. The van der Waals surface area contributed by atoms with Gasteiger partial charge in [0.05, 0.1) is 28.6 Å². The van der Waals surface area contributed by atoms with Crippen molar-refractivity contribution in [1.82, 2.24) is 9.78 Å². The van der Waals surface area contributed by atoms with Crippen molar-refractivity contribution in [2.75, 3.05) is 13.2 Å². The minimum Gasteiger partial charge on any atom is -0.463 e. The van der Waals surface area contributed by atoms with E-state index in [1.54, 1.807) is 29.8 Å². The van der Waals surface area contributed by atoms with E-state index in [-0.39, 0.29) is 17.2 Å². The SMILES string of the molecule is CCOC(=O)COC(=O)c1cc(-n2nc(C)c(CC)c2C)ccc1Cl. The van der Waals surface area contributed by atoms with Gasteiger partial charge in [0.15, 0.2) is 6.61 Å². The fraction of sp³-hybridized carbons (Fsp3) is 0.389. The number of benzene rings is 1. The maximum absolute atomic E-state index is 12.2. The number of aryl methyl sites for hydroxylation is 1. The van der Waals surface area contributed by atoms with Crippen LogP contribution in [0.3, 0.4) is 0 Å². The number of halogens is 1. The quantitative estimate of drug-likeness (QED) is 0.734. The van der Waals surface area contributed by atoms with Crippen LogP contribution in [0.1, 0.15) is 41.2 Å². The van der Waals surface area contributed by atoms with Gasteiger partial charge in [-0.15, -0.1) is 0 Å². The summed E-state index contributed by atoms with van der Waals surface area (Å²) in [5.41, 5.74) is 4.00. The van der Waals surface area contributed by atoms with Gasteiger partial charge in [0, 0.05) is 5.69 Å². The average molecular weight is 365 g/mol. The normalized spacial score (nSPS) is 10.6. The molecule has 0 aliphatic carbocycles. The molecule has 0 aliphatic heterocycles. The Labute approximate surface area is 151 Å². The smallest absolute Gasteiger partial charge is 0.344 e. The average Bonchev–Trinajstić information content (AvgIpc) is 2.87. The van der Waals surface area contributed by atoms with Crippen LogP contribution in [0.15, 0.2) is 18.2 Å². The Balaban J connectivity index is 2.29. The van der Waals surface area contributed by atoms with Crippen LogP contribution in [0.25, 0.3) is 5.69 Å². The molecular formula is C18H21ClN2O4. The lowest BCUT2D eigenvalue weighted by molar-refractivity contribution is -0.146. The van der Waals surface area contributed by atoms with Crippen LogP contribution in [0.2, 0.25) is 5.02 Å². The van der Waals surface area contributed by atoms with Crippen molar-refractivity contribution in [3.05, 3.63) is 45.7 Å². The van der Waals surface area contributed by atoms with Crippen LogP contribution >= 0.6 is 11.6 Å². The predicted octanol–water partition coefficient (Wildman–Crippen LogP) is 3.42. The highest BCUT2D eigenvalue weighted by Crippen LogP contribution is 2.24. The van der Waals surface area contributed by atoms with Gasteiger partial charge >= 0.3 is 11.9 Å². The first-order valence-electron chi connectivity index (χ1n) is 8.06. The maximum atomic E-state index is 12.2. The van der Waals surface area contributed by atoms with Crippen molar-refractivity contribution < 1.29 is 19.1 Å². The van der Waals surface area contributed by atoms with Crippen LogP contribution in [-0.2, 0) is 20.7 Å². The summed E-state index contributed by atoms with van der Waals surface area (Å²) in [4.78, 5) is 23.6. The zero-order valence-electron chi connectivity index (χ0n) is 14.8. The summed E-state index contributed by atoms with van der Waals surface area (Å²) in [6.07, 6.45) is 0.875. The second-order valence-corrected chi connectivity index (χ2v) is 5.87. The molecular weight excluding hydrogens is 344 g/mol. The number of nitrogens with zero attached hydrogens (tertiary/aromatic N) is 2. The lowest BCUT2D eigenvalue weighted by Gasteiger charge is -2.10. The lowest BCUT2D eigenvalue weighted by atomic mass is 10.1. The van der Waals surface area contributed by atoms with Crippen molar-refractivity contribution in [2.45, 2.75) is 34.1 Å². The number of carbonyl (C=O) groups excluding carboxylic acids is 2. The summed E-state index contributed by atoms with van der Waals surface area (Å²) in [7, 11) is 0. The first-order chi connectivity index (χ1) is 11.9. The van der Waals surface area contributed by atoms with E-state index in [1.165, 1.54) is 5.56 Å². The van der Waals surface area contributed by atoms with Crippen LogP contribution in [0.4, 0.5) is 0 Å². The highest BCUT2D eigenvalue weighted by atomic mass is 35.5. The Morgan fingerprint density at radius 1 is 1.20 bits per heavy atom. The van der Waals surface area contributed by atoms with E-state index in [9.17, 15) is 9.59 Å². The maximum Gasteiger partial charge on any atom is 0.344 e. The third kappa shape index (κ3) is 4.20. The van der Waals surface area contributed by atoms with Gasteiger partial charge in [-0.2, -0.15) is 5.10 Å². The van der Waals surface area contributed by atoms with Gasteiger partial charge in [0.1, 0.15) is 0 Å². The Hall–Kier alpha value is -2.34. The Bertz CT molecular complexity index is 799. The van der Waals surface area contributed by atoms with Crippen LogP contribution in [0.5, 0.6) is 0 Å². The molecule has 0 fully saturated rings. The van der Waals surface area contributed by atoms with Crippen molar-refractivity contribution in [1.29, 1.82) is 0 Å². The summed E-state index contributed by atoms with van der Waals surface area (Å²) in [5, 5.41) is 4.77. The van der Waals surface area contributed by atoms with Crippen molar-refractivity contribution in [3.63, 3.8) is 0 Å². The number of ether oxygens (including phenoxy) is 2. The van der Waals surface area contributed by atoms with Gasteiger partial charge in [-0.05, 0) is 51.0 Å². The molecule has 25 heavy (non-hydrogen) atoms. The molecule has 0 N–H and O–H groups in total. The van der Waals surface area contributed by atoms with Crippen LogP contribution in [0, 0.1) is 13.8 Å². The number of aromatic nitrogens is 2. The molecule has 2 rings (SSSR count). The monoisotopic (exact) mass is 364 g/mol. The van der Waals surface area contributed by atoms with Crippen molar-refractivity contribution in [3.8, 4) is 5.69 Å². The van der Waals surface area contributed by atoms with Gasteiger partial charge in [-0.3, -0.25) is 0 Å². The zero-order valence-corrected chi connectivity index (χ0v) is 15.5. The van der Waals surface area contributed by atoms with E-state index in [4.69, 9.17) is 21.1 Å². The molecule has 0 radical (unpaired) electrons. The number of hydrogen-bond acceptors (Lipinski definition) is 5. The van der Waals surface area contributed by atoms with Crippen molar-refractivity contribution >= 4 is 23.5 Å². The molecule has 0 unspecified atom stereocenters. The number of esters is 2. The second kappa shape index (κ2) is 8.16. The molecule has 0 bridgehead atoms. The fourth-order valence-electron chi connectivity index (χ4n) is 2.64. The Morgan fingerprint density at radius 2 is 1.92 bits per heavy atom. The van der Waals surface area contributed by atoms with E-state index in [0.29, 0.717) is 5.69 Å². The molecule has 0 spiro atoms. The molecule has 0 saturated carbocycles. The third-order valence-corrected chi connectivity index (χ3v) is 4.17. The van der Waals surface area contributed by atoms with Gasteiger partial charge in [0.2, 0.25) is 0 Å². The second-order valence-electron chi connectivity index (χ2n) is 5.46. The molecule has 0 amide bonds. The van der Waals surface area contributed by atoms with Gasteiger partial charge in [0.25, 0.3) is 0 Å². The Kier molecular flexibility index (Phi) is 6.20. The van der Waals surface area contributed by atoms with Crippen LogP contribution < -0.4 is 0 Å². The van der Waals surface area contributed by atoms with Gasteiger partial charge < -0.3 is 9.47 Å². The Morgan fingerprint density at radius 3 is 2.52 bits per heavy atom. The van der Waals surface area contributed by atoms with E-state index >= 15 is 0 Å². The number of rotatable bonds is 6. The summed E-state index contributed by atoms with van der Waals surface area (Å²) in [5.74, 6) is -1.29. The largest absolute Gasteiger partial charge is 0.463 e. The van der Waals surface area contributed by atoms with E-state index in [1.807, 2.05) is 13.8 Å². The highest BCUT2D eigenvalue weighted by molar-refractivity contribution is 6.33. The molecule has 134 valence electrons. The number of hydrogen-bond donors (Lipinski definition) is 0. The first kappa shape index (κ1) is 19.0. The minimum atomic E-state index is -0.683. The lowest BCUT2D eigenvalue weighted by Crippen LogP contribution is -2.17. The molecule has 1 heterocycles. The van der Waals surface area contributed by atoms with E-state index < -0.39 is 18.5 Å². The number of carbonyl (C=O) groups is 2. The summed E-state index contributed by atoms with van der Waals surface area (Å²) >= 11 is 6.11. The molecule has 2 aromatic rings. The fourth-order valence-corrected chi connectivity index (χ4v) is 2.84. The zero-order chi connectivity index (χ0) is 18.6. The molecule has 0 saturated heterocycles. The summed E-state index contributed by atoms with van der Waals surface area (Å²) in [6, 6.07) is 5.00. The first-order valence-corrected chi connectivity index (χ1v) is 8.44. The standard InChI is InChI=1S/C18H21ClN2O4/c1-5-14-11(3)20-21(12(14)4)13-7-8-16(19)15(9-13)18(23)25-10-17(22)24-6-2/h7-9H,5-6,10H2,1-4H3. The van der Waals surface area contributed by atoms with Gasteiger partial charge in [-0.1, -0.05) is 18.5 Å². The molecule has 1 aromatic heterocycles. The molecule has 0 atom stereocenters. The molecule has 1 aromatic carbocycles. The van der Waals surface area contributed by atoms with Crippen molar-refractivity contribution in [2.24, 2.45) is 0 Å².